The van der Waals surface area contributed by atoms with Gasteiger partial charge in [-0.2, -0.15) is 0 Å². The molecule has 6 nitrogen and oxygen atoms in total. The number of rotatable bonds is 3. The van der Waals surface area contributed by atoms with E-state index in [1.165, 1.54) is 10.9 Å². The van der Waals surface area contributed by atoms with E-state index in [2.05, 4.69) is 39.6 Å². The zero-order valence-corrected chi connectivity index (χ0v) is 18.2. The van der Waals surface area contributed by atoms with Gasteiger partial charge in [0, 0.05) is 29.2 Å². The highest BCUT2D eigenvalue weighted by atomic mass is 16.6. The molecule has 2 amide bonds. The van der Waals surface area contributed by atoms with Crippen LogP contribution in [0.5, 0.6) is 0 Å². The van der Waals surface area contributed by atoms with Crippen LogP contribution in [0.25, 0.3) is 10.9 Å². The van der Waals surface area contributed by atoms with E-state index in [1.54, 1.807) is 0 Å². The number of para-hydroxylation sites is 1. The van der Waals surface area contributed by atoms with Gasteiger partial charge in [-0.1, -0.05) is 31.0 Å². The highest BCUT2D eigenvalue weighted by molar-refractivity contribution is 5.87. The van der Waals surface area contributed by atoms with Crippen molar-refractivity contribution in [2.24, 2.45) is 0 Å². The molecule has 0 radical (unpaired) electrons. The summed E-state index contributed by atoms with van der Waals surface area (Å²) in [6.45, 7) is 5.50. The number of carbonyl (C=O) groups excluding carboxylic acids is 2. The van der Waals surface area contributed by atoms with Gasteiger partial charge in [0.25, 0.3) is 0 Å². The summed E-state index contributed by atoms with van der Waals surface area (Å²) >= 11 is 0. The number of aromatic nitrogens is 1. The summed E-state index contributed by atoms with van der Waals surface area (Å²) in [5, 5.41) is 4.08. The molecular weight excluding hydrogens is 378 g/mol. The number of hydrogen-bond donors (Lipinski definition) is 2. The molecule has 30 heavy (non-hydrogen) atoms. The lowest BCUT2D eigenvalue weighted by molar-refractivity contribution is -0.137. The molecule has 3 atom stereocenters. The molecule has 2 N–H and O–H groups in total. The Morgan fingerprint density at radius 3 is 2.73 bits per heavy atom. The van der Waals surface area contributed by atoms with E-state index >= 15 is 0 Å². The van der Waals surface area contributed by atoms with Crippen LogP contribution in [0, 0.1) is 0 Å². The summed E-state index contributed by atoms with van der Waals surface area (Å²) < 4.78 is 5.41. The molecule has 4 rings (SSSR count). The predicted molar refractivity (Wildman–Crippen MR) is 117 cm³/mol. The Hall–Kier alpha value is -2.50. The van der Waals surface area contributed by atoms with Crippen molar-refractivity contribution < 1.29 is 14.3 Å². The molecule has 0 spiro atoms. The Labute approximate surface area is 178 Å². The number of nitrogens with one attached hydrogen (secondary N) is 2. The second kappa shape index (κ2) is 8.32. The first-order valence-corrected chi connectivity index (χ1v) is 11.2. The minimum Gasteiger partial charge on any atom is -0.444 e. The van der Waals surface area contributed by atoms with Gasteiger partial charge < -0.3 is 19.9 Å². The Morgan fingerprint density at radius 2 is 1.93 bits per heavy atom. The fourth-order valence-electron chi connectivity index (χ4n) is 4.97. The first kappa shape index (κ1) is 20.8. The van der Waals surface area contributed by atoms with Crippen LogP contribution in [-0.4, -0.2) is 45.6 Å². The molecule has 1 aromatic heterocycles. The van der Waals surface area contributed by atoms with E-state index < -0.39 is 17.7 Å². The van der Waals surface area contributed by atoms with Gasteiger partial charge in [-0.15, -0.1) is 0 Å². The summed E-state index contributed by atoms with van der Waals surface area (Å²) in [6, 6.07) is 8.24. The van der Waals surface area contributed by atoms with Crippen molar-refractivity contribution in [3.05, 3.63) is 36.0 Å². The molecule has 6 heteroatoms. The van der Waals surface area contributed by atoms with Crippen LogP contribution in [0.3, 0.4) is 0 Å². The molecule has 2 fully saturated rings. The van der Waals surface area contributed by atoms with Gasteiger partial charge in [0.2, 0.25) is 5.91 Å². The Morgan fingerprint density at radius 1 is 1.17 bits per heavy atom. The topological polar surface area (TPSA) is 74.4 Å². The van der Waals surface area contributed by atoms with E-state index in [-0.39, 0.29) is 18.0 Å². The number of carbonyl (C=O) groups is 2. The number of fused-ring (bicyclic) bond motifs is 2. The normalized spacial score (nSPS) is 25.0. The number of alkyl carbamates (subject to hydrolysis) is 1. The van der Waals surface area contributed by atoms with Crippen molar-refractivity contribution in [3.63, 3.8) is 0 Å². The molecule has 2 aliphatic rings. The van der Waals surface area contributed by atoms with Crippen LogP contribution in [0.2, 0.25) is 0 Å². The summed E-state index contributed by atoms with van der Waals surface area (Å²) in [5.41, 5.74) is 1.80. The lowest BCUT2D eigenvalue weighted by Gasteiger charge is -2.36. The highest BCUT2D eigenvalue weighted by Crippen LogP contribution is 2.34. The van der Waals surface area contributed by atoms with E-state index in [9.17, 15) is 9.59 Å². The van der Waals surface area contributed by atoms with Crippen LogP contribution < -0.4 is 5.32 Å². The minimum absolute atomic E-state index is 0.0490. The van der Waals surface area contributed by atoms with Crippen LogP contribution in [0.1, 0.15) is 64.9 Å². The smallest absolute Gasteiger partial charge is 0.408 e. The lowest BCUT2D eigenvalue weighted by Crippen LogP contribution is -2.54. The van der Waals surface area contributed by atoms with Gasteiger partial charge in [0.15, 0.2) is 0 Å². The van der Waals surface area contributed by atoms with Gasteiger partial charge in [0.05, 0.1) is 0 Å². The van der Waals surface area contributed by atoms with Crippen molar-refractivity contribution in [2.75, 3.05) is 0 Å². The van der Waals surface area contributed by atoms with E-state index in [4.69, 9.17) is 4.74 Å². The number of nitrogens with zero attached hydrogens (tertiary/aromatic N) is 1. The maximum Gasteiger partial charge on any atom is 0.408 e. The predicted octanol–water partition coefficient (Wildman–Crippen LogP) is 4.54. The first-order chi connectivity index (χ1) is 14.3. The average Bonchev–Trinajstić information content (AvgIpc) is 3.25. The summed E-state index contributed by atoms with van der Waals surface area (Å²) in [6.07, 6.45) is 8.20. The van der Waals surface area contributed by atoms with Gasteiger partial charge in [-0.05, 0) is 64.5 Å². The van der Waals surface area contributed by atoms with Gasteiger partial charge in [-0.25, -0.2) is 4.79 Å². The van der Waals surface area contributed by atoms with E-state index in [1.807, 2.05) is 26.8 Å². The molecule has 0 aliphatic carbocycles. The molecule has 3 heterocycles. The zero-order valence-electron chi connectivity index (χ0n) is 18.2. The zero-order chi connectivity index (χ0) is 21.3. The number of ether oxygens (including phenoxy) is 1. The maximum atomic E-state index is 13.5. The second-order valence-electron chi connectivity index (χ2n) is 9.68. The van der Waals surface area contributed by atoms with Crippen LogP contribution >= 0.6 is 0 Å². The maximum absolute atomic E-state index is 13.5. The summed E-state index contributed by atoms with van der Waals surface area (Å²) in [7, 11) is 0. The van der Waals surface area contributed by atoms with Gasteiger partial charge in [-0.3, -0.25) is 4.79 Å². The van der Waals surface area contributed by atoms with Crippen LogP contribution in [0.4, 0.5) is 4.79 Å². The van der Waals surface area contributed by atoms with Gasteiger partial charge >= 0.3 is 6.09 Å². The van der Waals surface area contributed by atoms with Crippen molar-refractivity contribution in [1.82, 2.24) is 15.2 Å². The average molecular weight is 412 g/mol. The molecule has 0 bridgehead atoms. The summed E-state index contributed by atoms with van der Waals surface area (Å²) in [4.78, 5) is 31.3. The number of hydrogen-bond acceptors (Lipinski definition) is 3. The third-order valence-corrected chi connectivity index (χ3v) is 6.27. The molecule has 2 aliphatic heterocycles. The molecule has 2 saturated heterocycles. The Kier molecular flexibility index (Phi) is 5.76. The fraction of sp³-hybridized carbons (Fsp3) is 0.583. The fourth-order valence-corrected chi connectivity index (χ4v) is 4.97. The van der Waals surface area contributed by atoms with Crippen LogP contribution in [0.15, 0.2) is 30.5 Å². The number of H-pyrrole nitrogens is 1. The second-order valence-corrected chi connectivity index (χ2v) is 9.68. The largest absolute Gasteiger partial charge is 0.444 e. The standard InChI is InChI=1S/C24H33N3O3/c1-24(2,3)30-23(29)26-21-11-6-4-8-17-12-13-18(27(17)22(21)28)14-16-15-25-20-10-7-5-9-19(16)20/h5,7,9-10,15,17-18,21,25H,4,6,8,11-14H2,1-3H3,(H,26,29)/t17-,18-,21?/m0/s1. The molecule has 0 saturated carbocycles. The number of aromatic amines is 1. The quantitative estimate of drug-likeness (QED) is 0.779. The number of amides is 2. The minimum atomic E-state index is -0.581. The first-order valence-electron chi connectivity index (χ1n) is 11.2. The monoisotopic (exact) mass is 411 g/mol. The Balaban J connectivity index is 1.52. The lowest BCUT2D eigenvalue weighted by atomic mass is 9.98. The SMILES string of the molecule is CC(C)(C)OC(=O)NC1CCCC[C@H]2CC[C@@H](Cc3c[nH]c4ccccc34)N2C1=O. The van der Waals surface area contributed by atoms with Crippen LogP contribution in [-0.2, 0) is 16.0 Å². The van der Waals surface area contributed by atoms with Gasteiger partial charge in [0.1, 0.15) is 11.6 Å². The van der Waals surface area contributed by atoms with Crippen molar-refractivity contribution >= 4 is 22.9 Å². The van der Waals surface area contributed by atoms with E-state index in [0.717, 1.165) is 44.0 Å². The molecule has 1 aromatic carbocycles. The molecule has 162 valence electrons. The third kappa shape index (κ3) is 4.47. The van der Waals surface area contributed by atoms with E-state index in [0.29, 0.717) is 6.42 Å². The molecular formula is C24H33N3O3. The summed E-state index contributed by atoms with van der Waals surface area (Å²) in [5.74, 6) is 0.0490. The van der Waals surface area contributed by atoms with Crippen molar-refractivity contribution in [2.45, 2.75) is 89.4 Å². The highest BCUT2D eigenvalue weighted by Gasteiger charge is 2.41. The third-order valence-electron chi connectivity index (χ3n) is 6.27. The Bertz CT molecular complexity index is 914. The molecule has 1 unspecified atom stereocenters. The van der Waals surface area contributed by atoms with Crippen molar-refractivity contribution in [3.8, 4) is 0 Å². The van der Waals surface area contributed by atoms with Crippen molar-refractivity contribution in [1.29, 1.82) is 0 Å². The molecule has 2 aromatic rings. The number of benzene rings is 1.